The van der Waals surface area contributed by atoms with E-state index in [1.165, 1.54) is 4.90 Å². The Morgan fingerprint density at radius 3 is 2.12 bits per heavy atom. The zero-order valence-electron chi connectivity index (χ0n) is 24.2. The molecule has 222 valence electrons. The van der Waals surface area contributed by atoms with Crippen molar-refractivity contribution >= 4 is 29.8 Å². The van der Waals surface area contributed by atoms with E-state index in [2.05, 4.69) is 10.6 Å². The molecule has 1 aromatic rings. The summed E-state index contributed by atoms with van der Waals surface area (Å²) in [5.41, 5.74) is 1.34. The van der Waals surface area contributed by atoms with E-state index in [1.807, 2.05) is 23.6 Å². The van der Waals surface area contributed by atoms with E-state index in [-0.39, 0.29) is 19.3 Å². The number of nitrogens with one attached hydrogen (secondary N) is 3. The van der Waals surface area contributed by atoms with Crippen molar-refractivity contribution < 1.29 is 33.4 Å². The molecule has 3 atom stereocenters. The van der Waals surface area contributed by atoms with Crippen molar-refractivity contribution in [3.8, 4) is 0 Å². The fourth-order valence-electron chi connectivity index (χ4n) is 4.20. The first-order valence-corrected chi connectivity index (χ1v) is 13.5. The lowest BCUT2D eigenvalue weighted by Crippen LogP contribution is -2.57. The molecule has 1 saturated heterocycles. The first-order chi connectivity index (χ1) is 18.6. The van der Waals surface area contributed by atoms with Gasteiger partial charge in [-0.15, -0.1) is 0 Å². The summed E-state index contributed by atoms with van der Waals surface area (Å²) in [6, 6.07) is 6.01. The van der Waals surface area contributed by atoms with Gasteiger partial charge in [0.25, 0.3) is 5.91 Å². The third-order valence-corrected chi connectivity index (χ3v) is 5.93. The van der Waals surface area contributed by atoms with Gasteiger partial charge in [0.15, 0.2) is 0 Å². The Balaban J connectivity index is 2.19. The van der Waals surface area contributed by atoms with Crippen LogP contribution in [-0.2, 0) is 35.1 Å². The van der Waals surface area contributed by atoms with E-state index < -0.39 is 59.1 Å². The largest absolute Gasteiger partial charge is 0.460 e. The van der Waals surface area contributed by atoms with Gasteiger partial charge < -0.3 is 20.1 Å². The Labute approximate surface area is 235 Å². The summed E-state index contributed by atoms with van der Waals surface area (Å²) in [6.07, 6.45) is 0.342. The summed E-state index contributed by atoms with van der Waals surface area (Å²) >= 11 is 0. The number of carbonyl (C=O) groups is 5. The van der Waals surface area contributed by atoms with Crippen LogP contribution in [0.1, 0.15) is 72.8 Å². The number of ether oxygens (including phenoxy) is 2. The molecule has 0 aromatic heterocycles. The summed E-state index contributed by atoms with van der Waals surface area (Å²) in [6.45, 7) is 10.8. The van der Waals surface area contributed by atoms with Crippen LogP contribution in [0.25, 0.3) is 0 Å². The molecule has 12 nitrogen and oxygen atoms in total. The molecule has 0 saturated carbocycles. The highest BCUT2D eigenvalue weighted by molar-refractivity contribution is 5.94. The average Bonchev–Trinajstić information content (AvgIpc) is 3.34. The lowest BCUT2D eigenvalue weighted by atomic mass is 10.0. The van der Waals surface area contributed by atoms with E-state index in [9.17, 15) is 24.0 Å². The lowest BCUT2D eigenvalue weighted by Gasteiger charge is -2.29. The van der Waals surface area contributed by atoms with Gasteiger partial charge in [-0.2, -0.15) is 0 Å². The molecule has 5 N–H and O–H groups in total. The highest BCUT2D eigenvalue weighted by atomic mass is 16.6. The van der Waals surface area contributed by atoms with Crippen LogP contribution in [0.5, 0.6) is 0 Å². The molecule has 0 spiro atoms. The predicted molar refractivity (Wildman–Crippen MR) is 147 cm³/mol. The van der Waals surface area contributed by atoms with E-state index >= 15 is 0 Å². The van der Waals surface area contributed by atoms with E-state index in [4.69, 9.17) is 15.3 Å². The zero-order chi connectivity index (χ0) is 30.1. The minimum atomic E-state index is -1.15. The van der Waals surface area contributed by atoms with Crippen LogP contribution < -0.4 is 21.9 Å². The van der Waals surface area contributed by atoms with Crippen LogP contribution in [-0.4, -0.2) is 70.6 Å². The molecule has 1 fully saturated rings. The van der Waals surface area contributed by atoms with Gasteiger partial charge in [0, 0.05) is 19.4 Å². The Hall–Kier alpha value is -3.67. The maximum atomic E-state index is 13.4. The number of carbonyl (C=O) groups excluding carboxylic acids is 5. The second-order valence-corrected chi connectivity index (χ2v) is 11.8. The molecule has 0 bridgehead atoms. The van der Waals surface area contributed by atoms with E-state index in [1.54, 1.807) is 53.7 Å². The molecule has 1 aliphatic heterocycles. The van der Waals surface area contributed by atoms with Crippen molar-refractivity contribution in [2.24, 2.45) is 5.84 Å². The van der Waals surface area contributed by atoms with Gasteiger partial charge in [0.1, 0.15) is 29.3 Å². The van der Waals surface area contributed by atoms with Crippen LogP contribution in [0, 0.1) is 0 Å². The molecule has 4 amide bonds. The maximum Gasteiger partial charge on any atom is 0.410 e. The van der Waals surface area contributed by atoms with Crippen molar-refractivity contribution in [3.63, 3.8) is 0 Å². The van der Waals surface area contributed by atoms with Crippen molar-refractivity contribution in [1.82, 2.24) is 21.0 Å². The van der Waals surface area contributed by atoms with Crippen molar-refractivity contribution in [3.05, 3.63) is 35.9 Å². The summed E-state index contributed by atoms with van der Waals surface area (Å²) in [4.78, 5) is 65.5. The standard InChI is InChI=1S/C28H43N5O7/c1-27(2,3)39-22(34)15-14-19(24(36)32-29)30-23(35)20(17-18-11-8-7-9-12-18)31-25(37)21-13-10-16-33(21)26(38)40-28(4,5)6/h7-9,11-12,19-21H,10,13-17,29H2,1-6H3,(H,30,35)(H,31,37)(H,32,36)/t19-,20-,21-/m0/s1. The average molecular weight is 562 g/mol. The number of nitrogens with two attached hydrogens (primary N) is 1. The van der Waals surface area contributed by atoms with Crippen molar-refractivity contribution in [2.75, 3.05) is 6.54 Å². The molecule has 1 heterocycles. The molecule has 40 heavy (non-hydrogen) atoms. The highest BCUT2D eigenvalue weighted by Crippen LogP contribution is 2.21. The first kappa shape index (κ1) is 32.5. The van der Waals surface area contributed by atoms with Crippen LogP contribution in [0.2, 0.25) is 0 Å². The van der Waals surface area contributed by atoms with Gasteiger partial charge in [-0.3, -0.25) is 29.5 Å². The summed E-state index contributed by atoms with van der Waals surface area (Å²) in [5.74, 6) is 2.94. The molecule has 0 unspecified atom stereocenters. The number of esters is 1. The molecular weight excluding hydrogens is 518 g/mol. The zero-order valence-corrected chi connectivity index (χ0v) is 24.2. The number of benzene rings is 1. The number of hydrazine groups is 1. The van der Waals surface area contributed by atoms with Crippen LogP contribution >= 0.6 is 0 Å². The summed E-state index contributed by atoms with van der Waals surface area (Å²) < 4.78 is 10.7. The van der Waals surface area contributed by atoms with Crippen molar-refractivity contribution in [2.45, 2.75) is 103 Å². The van der Waals surface area contributed by atoms with Crippen LogP contribution in [0.3, 0.4) is 0 Å². The van der Waals surface area contributed by atoms with Crippen LogP contribution in [0.15, 0.2) is 30.3 Å². The van der Waals surface area contributed by atoms with E-state index in [0.29, 0.717) is 19.4 Å². The van der Waals surface area contributed by atoms with Crippen molar-refractivity contribution in [1.29, 1.82) is 0 Å². The Morgan fingerprint density at radius 1 is 0.925 bits per heavy atom. The van der Waals surface area contributed by atoms with Gasteiger partial charge >= 0.3 is 12.1 Å². The number of likely N-dealkylation sites (tertiary alicyclic amines) is 1. The molecule has 2 rings (SSSR count). The number of rotatable bonds is 10. The maximum absolute atomic E-state index is 13.4. The quantitative estimate of drug-likeness (QED) is 0.145. The van der Waals surface area contributed by atoms with Gasteiger partial charge in [-0.05, 0) is 66.4 Å². The Bertz CT molecular complexity index is 1050. The fraction of sp³-hybridized carbons (Fsp3) is 0.607. The topological polar surface area (TPSA) is 169 Å². The molecular formula is C28H43N5O7. The highest BCUT2D eigenvalue weighted by Gasteiger charge is 2.38. The van der Waals surface area contributed by atoms with E-state index in [0.717, 1.165) is 5.56 Å². The smallest absolute Gasteiger partial charge is 0.410 e. The monoisotopic (exact) mass is 561 g/mol. The third kappa shape index (κ3) is 10.8. The lowest BCUT2D eigenvalue weighted by molar-refractivity contribution is -0.155. The van der Waals surface area contributed by atoms with Gasteiger partial charge in [0.05, 0.1) is 0 Å². The minimum absolute atomic E-state index is 0.0647. The second-order valence-electron chi connectivity index (χ2n) is 11.8. The van der Waals surface area contributed by atoms with Crippen LogP contribution in [0.4, 0.5) is 4.79 Å². The third-order valence-electron chi connectivity index (χ3n) is 5.93. The summed E-state index contributed by atoms with van der Waals surface area (Å²) in [5, 5.41) is 5.37. The molecule has 0 aliphatic carbocycles. The molecule has 0 radical (unpaired) electrons. The minimum Gasteiger partial charge on any atom is -0.460 e. The molecule has 12 heteroatoms. The number of hydrogen-bond acceptors (Lipinski definition) is 8. The number of hydrogen-bond donors (Lipinski definition) is 4. The second kappa shape index (κ2) is 14.1. The number of nitrogens with zero attached hydrogens (tertiary/aromatic N) is 1. The van der Waals surface area contributed by atoms with Gasteiger partial charge in [-0.25, -0.2) is 10.6 Å². The predicted octanol–water partition coefficient (Wildman–Crippen LogP) is 1.71. The SMILES string of the molecule is CC(C)(C)OC(=O)CC[C@H](NC(=O)[C@H](Cc1ccccc1)NC(=O)[C@@H]1CCCN1C(=O)OC(C)(C)C)C(=O)NN. The first-order valence-electron chi connectivity index (χ1n) is 13.5. The fourth-order valence-corrected chi connectivity index (χ4v) is 4.20. The molecule has 1 aromatic carbocycles. The normalized spacial score (nSPS) is 16.9. The Morgan fingerprint density at radius 2 is 1.55 bits per heavy atom. The van der Waals surface area contributed by atoms with Gasteiger partial charge in [-0.1, -0.05) is 30.3 Å². The molecule has 1 aliphatic rings. The summed E-state index contributed by atoms with van der Waals surface area (Å²) in [7, 11) is 0. The Kier molecular flexibility index (Phi) is 11.5. The number of amides is 4. The van der Waals surface area contributed by atoms with Gasteiger partial charge in [0.2, 0.25) is 11.8 Å².